The van der Waals surface area contributed by atoms with Crippen LogP contribution >= 0.6 is 0 Å². The molecule has 4 heterocycles. The van der Waals surface area contributed by atoms with Crippen molar-refractivity contribution in [2.75, 3.05) is 19.6 Å². The molecule has 10 aromatic rings. The highest BCUT2D eigenvalue weighted by Crippen LogP contribution is 2.67. The molecule has 0 radical (unpaired) electrons. The van der Waals surface area contributed by atoms with Crippen molar-refractivity contribution in [2.24, 2.45) is 0 Å². The Kier molecular flexibility index (Phi) is 14.1. The minimum absolute atomic E-state index is 0.0380. The standard InChI is InChI=1S/C91H97BN4/c1-60-35-46-77-72(53-60)90(63-31-21-17-22-32-63)51-27-25-49-88(90,14)95(77)69-43-45-75-80(57-69)93(68-41-36-62(37-42-68)84(2,3)4)81-58-70(96-78-48-40-66(86(8,9)10)55-73(78)91(64-33-23-18-24-34-64)52-28-26-50-89(91,96)15)59-82-83(81)92(75)74-44-38-67(87(11,12)13)56-79(74)94(82)76-47-39-65(85(5,6)7)54-71(76)61-29-19-16-20-30-61/h16-24,29-48,53-59H,25-28,49-52H2,1-15H3. The molecular formula is C91H97BN4. The van der Waals surface area contributed by atoms with Crippen LogP contribution in [0, 0.1) is 6.92 Å². The number of hydrogen-bond acceptors (Lipinski definition) is 4. The first-order valence-electron chi connectivity index (χ1n) is 36.1. The van der Waals surface area contributed by atoms with Gasteiger partial charge in [0.2, 0.25) is 0 Å². The molecule has 4 aliphatic heterocycles. The van der Waals surface area contributed by atoms with Crippen molar-refractivity contribution in [2.45, 2.75) is 199 Å². The fraction of sp³-hybridized carbons (Fsp3) is 0.341. The van der Waals surface area contributed by atoms with Crippen LogP contribution in [0.3, 0.4) is 0 Å². The van der Waals surface area contributed by atoms with Crippen LogP contribution in [0.25, 0.3) is 11.1 Å². The summed E-state index contributed by atoms with van der Waals surface area (Å²) in [5.74, 6) is 0. The van der Waals surface area contributed by atoms with Gasteiger partial charge in [-0.2, -0.15) is 0 Å². The first-order chi connectivity index (χ1) is 45.8. The summed E-state index contributed by atoms with van der Waals surface area (Å²) in [7, 11) is 0. The zero-order valence-electron chi connectivity index (χ0n) is 59.8. The van der Waals surface area contributed by atoms with Gasteiger partial charge < -0.3 is 19.6 Å². The fourth-order valence-electron chi connectivity index (χ4n) is 19.3. The quantitative estimate of drug-likeness (QED) is 0.147. The van der Waals surface area contributed by atoms with Gasteiger partial charge in [0.15, 0.2) is 0 Å². The van der Waals surface area contributed by atoms with Gasteiger partial charge in [-0.25, -0.2) is 0 Å². The summed E-state index contributed by atoms with van der Waals surface area (Å²) in [5, 5.41) is 0. The Morgan fingerprint density at radius 1 is 0.333 bits per heavy atom. The van der Waals surface area contributed by atoms with Crippen LogP contribution in [0.2, 0.25) is 0 Å². The normalized spacial score (nSPS) is 21.8. The van der Waals surface area contributed by atoms with E-state index >= 15 is 0 Å². The Morgan fingerprint density at radius 3 is 1.31 bits per heavy atom. The molecule has 6 aliphatic rings. The molecule has 2 saturated carbocycles. The Hall–Kier alpha value is -8.54. The predicted molar refractivity (Wildman–Crippen MR) is 411 cm³/mol. The van der Waals surface area contributed by atoms with Crippen LogP contribution in [-0.4, -0.2) is 17.8 Å². The smallest absolute Gasteiger partial charge is 0.252 e. The van der Waals surface area contributed by atoms with E-state index in [0.717, 1.165) is 32.1 Å². The third-order valence-corrected chi connectivity index (χ3v) is 24.3. The molecule has 0 spiro atoms. The van der Waals surface area contributed by atoms with Crippen LogP contribution < -0.4 is 36.0 Å². The van der Waals surface area contributed by atoms with Crippen molar-refractivity contribution in [1.29, 1.82) is 0 Å². The van der Waals surface area contributed by atoms with Crippen molar-refractivity contribution in [3.8, 4) is 11.1 Å². The van der Waals surface area contributed by atoms with Gasteiger partial charge in [0.1, 0.15) is 0 Å². The zero-order chi connectivity index (χ0) is 66.9. The molecule has 0 N–H and O–H groups in total. The lowest BCUT2D eigenvalue weighted by atomic mass is 9.33. The van der Waals surface area contributed by atoms with Crippen LogP contribution in [0.4, 0.5) is 56.9 Å². The number of rotatable bonds is 7. The number of benzene rings is 10. The highest BCUT2D eigenvalue weighted by Gasteiger charge is 2.63. The van der Waals surface area contributed by atoms with Crippen molar-refractivity contribution >= 4 is 80.0 Å². The number of hydrogen-bond donors (Lipinski definition) is 0. The number of anilines is 10. The second kappa shape index (κ2) is 21.7. The minimum Gasteiger partial charge on any atom is -0.334 e. The Balaban J connectivity index is 1.04. The largest absolute Gasteiger partial charge is 0.334 e. The molecule has 96 heavy (non-hydrogen) atoms. The van der Waals surface area contributed by atoms with E-state index in [4.69, 9.17) is 0 Å². The van der Waals surface area contributed by atoms with Gasteiger partial charge in [0.05, 0.1) is 16.8 Å². The molecule has 10 aromatic carbocycles. The van der Waals surface area contributed by atoms with Crippen molar-refractivity contribution < 1.29 is 0 Å². The molecular weight excluding hydrogens is 1160 g/mol. The third kappa shape index (κ3) is 9.13. The summed E-state index contributed by atoms with van der Waals surface area (Å²) in [6.45, 7) is 35.9. The first-order valence-corrected chi connectivity index (χ1v) is 36.1. The molecule has 5 heteroatoms. The Bertz CT molecular complexity index is 4710. The van der Waals surface area contributed by atoms with Crippen LogP contribution in [0.1, 0.15) is 198 Å². The van der Waals surface area contributed by atoms with E-state index in [9.17, 15) is 0 Å². The fourth-order valence-corrected chi connectivity index (χ4v) is 19.3. The van der Waals surface area contributed by atoms with Gasteiger partial charge in [-0.3, -0.25) is 0 Å². The van der Waals surface area contributed by atoms with E-state index in [-0.39, 0.29) is 50.3 Å². The topological polar surface area (TPSA) is 13.0 Å². The van der Waals surface area contributed by atoms with E-state index in [1.54, 1.807) is 0 Å². The first kappa shape index (κ1) is 62.3. The molecule has 2 fully saturated rings. The maximum atomic E-state index is 2.88. The van der Waals surface area contributed by atoms with E-state index in [0.29, 0.717) is 0 Å². The van der Waals surface area contributed by atoms with Gasteiger partial charge in [0.25, 0.3) is 6.71 Å². The average molecular weight is 1260 g/mol. The van der Waals surface area contributed by atoms with E-state index in [1.807, 2.05) is 0 Å². The van der Waals surface area contributed by atoms with Crippen LogP contribution in [0.5, 0.6) is 0 Å². The lowest BCUT2D eigenvalue weighted by molar-refractivity contribution is 0.215. The molecule has 4 nitrogen and oxygen atoms in total. The summed E-state index contributed by atoms with van der Waals surface area (Å²) in [4.78, 5) is 11.2. The van der Waals surface area contributed by atoms with Gasteiger partial charge in [0, 0.05) is 67.6 Å². The van der Waals surface area contributed by atoms with Gasteiger partial charge in [-0.05, 0) is 201 Å². The van der Waals surface area contributed by atoms with E-state index in [1.165, 1.54) is 154 Å². The summed E-state index contributed by atoms with van der Waals surface area (Å²) in [5.41, 5.74) is 29.9. The second-order valence-corrected chi connectivity index (χ2v) is 34.1. The molecule has 0 aromatic heterocycles. The molecule has 2 aliphatic carbocycles. The number of aryl methyl sites for hydroxylation is 1. The molecule has 4 unspecified atom stereocenters. The van der Waals surface area contributed by atoms with Crippen LogP contribution in [0.15, 0.2) is 218 Å². The zero-order valence-corrected chi connectivity index (χ0v) is 59.8. The number of fused-ring (bicyclic) bond motifs is 10. The lowest BCUT2D eigenvalue weighted by Gasteiger charge is -2.53. The highest BCUT2D eigenvalue weighted by molar-refractivity contribution is 7.00. The molecule has 16 rings (SSSR count). The highest BCUT2D eigenvalue weighted by atomic mass is 15.3. The summed E-state index contributed by atoms with van der Waals surface area (Å²) in [6.07, 6.45) is 9.03. The van der Waals surface area contributed by atoms with Crippen molar-refractivity contribution in [3.05, 3.63) is 268 Å². The Morgan fingerprint density at radius 2 is 0.750 bits per heavy atom. The Labute approximate surface area is 574 Å². The summed E-state index contributed by atoms with van der Waals surface area (Å²) in [6, 6.07) is 87.3. The molecule has 0 saturated heterocycles. The van der Waals surface area contributed by atoms with E-state index in [2.05, 4.69) is 342 Å². The number of nitrogens with zero attached hydrogens (tertiary/aromatic N) is 4. The maximum Gasteiger partial charge on any atom is 0.252 e. The molecule has 484 valence electrons. The predicted octanol–water partition coefficient (Wildman–Crippen LogP) is 22.5. The minimum atomic E-state index is -0.340. The van der Waals surface area contributed by atoms with E-state index < -0.39 is 0 Å². The second-order valence-electron chi connectivity index (χ2n) is 34.1. The summed E-state index contributed by atoms with van der Waals surface area (Å²) >= 11 is 0. The monoisotopic (exact) mass is 1260 g/mol. The third-order valence-electron chi connectivity index (χ3n) is 24.3. The lowest BCUT2D eigenvalue weighted by Crippen LogP contribution is -2.62. The van der Waals surface area contributed by atoms with Gasteiger partial charge in [-0.15, -0.1) is 0 Å². The molecule has 0 bridgehead atoms. The molecule has 4 atom stereocenters. The maximum absolute atomic E-state index is 2.88. The average Bonchev–Trinajstić information content (AvgIpc) is 1.49. The molecule has 0 amide bonds. The van der Waals surface area contributed by atoms with Crippen molar-refractivity contribution in [1.82, 2.24) is 0 Å². The van der Waals surface area contributed by atoms with Gasteiger partial charge >= 0.3 is 0 Å². The SMILES string of the molecule is Cc1ccc2c(c1)C1(c3ccccc3)CCCCC1(C)N2c1ccc2c(c1)N(c1ccc(C(C)(C)C)cc1)c1cc(N3c4ccc(C(C)(C)C)cc4C4(c5ccccc5)CCCCC34C)cc3c1B2c1ccc(C(C)(C)C)cc1N3c1ccc(C(C)(C)C)cc1-c1ccccc1. The van der Waals surface area contributed by atoms with Crippen molar-refractivity contribution in [3.63, 3.8) is 0 Å². The summed E-state index contributed by atoms with van der Waals surface area (Å²) < 4.78 is 0. The van der Waals surface area contributed by atoms with Gasteiger partial charge in [-0.1, -0.05) is 266 Å². The van der Waals surface area contributed by atoms with Crippen LogP contribution in [-0.2, 0) is 32.5 Å².